The number of hydrogen-bond donors (Lipinski definition) is 1. The van der Waals surface area contributed by atoms with Crippen molar-refractivity contribution in [1.82, 2.24) is 15.1 Å². The second-order valence-electron chi connectivity index (χ2n) is 4.49. The summed E-state index contributed by atoms with van der Waals surface area (Å²) in [4.78, 5) is 0. The molecule has 1 atom stereocenters. The van der Waals surface area contributed by atoms with Gasteiger partial charge in [0.2, 0.25) is 0 Å². The van der Waals surface area contributed by atoms with Gasteiger partial charge in [-0.25, -0.2) is 0 Å². The number of nitrogens with one attached hydrogen (secondary N) is 1. The van der Waals surface area contributed by atoms with Crippen LogP contribution in [0.4, 0.5) is 0 Å². The normalized spacial score (nSPS) is 12.6. The van der Waals surface area contributed by atoms with Crippen LogP contribution in [0.15, 0.2) is 30.5 Å². The highest BCUT2D eigenvalue weighted by Crippen LogP contribution is 2.28. The van der Waals surface area contributed by atoms with Crippen LogP contribution in [0.1, 0.15) is 23.7 Å². The minimum Gasteiger partial charge on any atom is -0.313 e. The Morgan fingerprint density at radius 2 is 2.11 bits per heavy atom. The first-order chi connectivity index (χ1) is 9.11. The van der Waals surface area contributed by atoms with E-state index in [9.17, 15) is 0 Å². The fourth-order valence-electron chi connectivity index (χ4n) is 2.18. The standard InChI is InChI=1S/C14H17Cl2N3/c1-17-14(6-4-11-7-8-18-19(11)2)12-9-10(15)3-5-13(12)16/h3,5,7-9,14,17H,4,6H2,1-2H3. The fourth-order valence-corrected chi connectivity index (χ4v) is 2.61. The molecular weight excluding hydrogens is 281 g/mol. The van der Waals surface area contributed by atoms with Crippen LogP contribution in [-0.4, -0.2) is 16.8 Å². The second-order valence-corrected chi connectivity index (χ2v) is 5.34. The largest absolute Gasteiger partial charge is 0.313 e. The van der Waals surface area contributed by atoms with Crippen molar-refractivity contribution in [2.24, 2.45) is 7.05 Å². The van der Waals surface area contributed by atoms with Gasteiger partial charge >= 0.3 is 0 Å². The van der Waals surface area contributed by atoms with Gasteiger partial charge in [-0.1, -0.05) is 23.2 Å². The summed E-state index contributed by atoms with van der Waals surface area (Å²) < 4.78 is 1.90. The molecule has 1 N–H and O–H groups in total. The predicted molar refractivity (Wildman–Crippen MR) is 79.8 cm³/mol. The van der Waals surface area contributed by atoms with E-state index < -0.39 is 0 Å². The van der Waals surface area contributed by atoms with Crippen LogP contribution in [0.5, 0.6) is 0 Å². The SMILES string of the molecule is CNC(CCc1ccnn1C)c1cc(Cl)ccc1Cl. The van der Waals surface area contributed by atoms with Gasteiger partial charge in [-0.3, -0.25) is 4.68 Å². The average molecular weight is 298 g/mol. The average Bonchev–Trinajstić information content (AvgIpc) is 2.80. The Balaban J connectivity index is 2.12. The lowest BCUT2D eigenvalue weighted by atomic mass is 10.0. The number of rotatable bonds is 5. The van der Waals surface area contributed by atoms with E-state index in [1.165, 1.54) is 5.69 Å². The molecule has 3 nitrogen and oxygen atoms in total. The number of benzene rings is 1. The zero-order valence-electron chi connectivity index (χ0n) is 11.0. The van der Waals surface area contributed by atoms with Crippen LogP contribution in [0, 0.1) is 0 Å². The van der Waals surface area contributed by atoms with E-state index in [-0.39, 0.29) is 6.04 Å². The van der Waals surface area contributed by atoms with Crippen LogP contribution < -0.4 is 5.32 Å². The van der Waals surface area contributed by atoms with Gasteiger partial charge in [0, 0.05) is 35.0 Å². The molecule has 1 aromatic heterocycles. The number of hydrogen-bond acceptors (Lipinski definition) is 2. The summed E-state index contributed by atoms with van der Waals surface area (Å²) in [5.74, 6) is 0. The molecule has 5 heteroatoms. The molecule has 1 aromatic carbocycles. The molecule has 19 heavy (non-hydrogen) atoms. The third kappa shape index (κ3) is 3.50. The lowest BCUT2D eigenvalue weighted by Crippen LogP contribution is -2.18. The van der Waals surface area contributed by atoms with Crippen LogP contribution >= 0.6 is 23.2 Å². The second kappa shape index (κ2) is 6.42. The molecule has 0 radical (unpaired) electrons. The van der Waals surface area contributed by atoms with Crippen molar-refractivity contribution in [3.05, 3.63) is 51.8 Å². The van der Waals surface area contributed by atoms with Crippen molar-refractivity contribution in [3.8, 4) is 0 Å². The molecule has 1 unspecified atom stereocenters. The van der Waals surface area contributed by atoms with Gasteiger partial charge in [0.25, 0.3) is 0 Å². The Morgan fingerprint density at radius 1 is 1.32 bits per heavy atom. The highest BCUT2D eigenvalue weighted by Gasteiger charge is 2.14. The van der Waals surface area contributed by atoms with E-state index >= 15 is 0 Å². The minimum absolute atomic E-state index is 0.182. The molecule has 102 valence electrons. The van der Waals surface area contributed by atoms with Crippen molar-refractivity contribution in [2.45, 2.75) is 18.9 Å². The smallest absolute Gasteiger partial charge is 0.0492 e. The summed E-state index contributed by atoms with van der Waals surface area (Å²) >= 11 is 12.3. The highest BCUT2D eigenvalue weighted by molar-refractivity contribution is 6.33. The van der Waals surface area contributed by atoms with Gasteiger partial charge in [0.1, 0.15) is 0 Å². The van der Waals surface area contributed by atoms with Gasteiger partial charge in [-0.15, -0.1) is 0 Å². The van der Waals surface area contributed by atoms with E-state index in [0.29, 0.717) is 5.02 Å². The van der Waals surface area contributed by atoms with Crippen molar-refractivity contribution < 1.29 is 0 Å². The van der Waals surface area contributed by atoms with E-state index in [1.807, 2.05) is 43.2 Å². The zero-order chi connectivity index (χ0) is 13.8. The number of halogens is 2. The van der Waals surface area contributed by atoms with E-state index in [0.717, 1.165) is 23.4 Å². The van der Waals surface area contributed by atoms with Gasteiger partial charge < -0.3 is 5.32 Å². The molecule has 0 fully saturated rings. The lowest BCUT2D eigenvalue weighted by molar-refractivity contribution is 0.536. The Labute approximate surface area is 123 Å². The molecule has 0 amide bonds. The minimum atomic E-state index is 0.182. The summed E-state index contributed by atoms with van der Waals surface area (Å²) in [6, 6.07) is 7.79. The third-order valence-electron chi connectivity index (χ3n) is 3.29. The molecule has 2 aromatic rings. The third-order valence-corrected chi connectivity index (χ3v) is 3.87. The zero-order valence-corrected chi connectivity index (χ0v) is 12.5. The molecule has 2 rings (SSSR count). The first kappa shape index (κ1) is 14.4. The summed E-state index contributed by atoms with van der Waals surface area (Å²) in [7, 11) is 3.89. The van der Waals surface area contributed by atoms with E-state index in [2.05, 4.69) is 10.4 Å². The number of aromatic nitrogens is 2. The van der Waals surface area contributed by atoms with Gasteiger partial charge in [0.05, 0.1) is 0 Å². The maximum atomic E-state index is 6.25. The Hall–Kier alpha value is -1.03. The monoisotopic (exact) mass is 297 g/mol. The molecular formula is C14H17Cl2N3. The Bertz CT molecular complexity index is 551. The maximum absolute atomic E-state index is 6.25. The molecule has 0 saturated heterocycles. The quantitative estimate of drug-likeness (QED) is 0.913. The van der Waals surface area contributed by atoms with Crippen LogP contribution in [0.2, 0.25) is 10.0 Å². The first-order valence-electron chi connectivity index (χ1n) is 6.21. The van der Waals surface area contributed by atoms with E-state index in [1.54, 1.807) is 6.07 Å². The summed E-state index contributed by atoms with van der Waals surface area (Å²) in [6.45, 7) is 0. The van der Waals surface area contributed by atoms with Crippen molar-refractivity contribution in [3.63, 3.8) is 0 Å². The van der Waals surface area contributed by atoms with Crippen molar-refractivity contribution in [2.75, 3.05) is 7.05 Å². The van der Waals surface area contributed by atoms with Crippen LogP contribution in [0.25, 0.3) is 0 Å². The number of aryl methyl sites for hydroxylation is 2. The lowest BCUT2D eigenvalue weighted by Gasteiger charge is -2.18. The summed E-state index contributed by atoms with van der Waals surface area (Å²) in [5, 5.41) is 8.92. The van der Waals surface area contributed by atoms with Gasteiger partial charge in [0.15, 0.2) is 0 Å². The summed E-state index contributed by atoms with van der Waals surface area (Å²) in [6.07, 6.45) is 3.69. The fraction of sp³-hybridized carbons (Fsp3) is 0.357. The highest BCUT2D eigenvalue weighted by atomic mass is 35.5. The number of nitrogens with zero attached hydrogens (tertiary/aromatic N) is 2. The molecule has 0 bridgehead atoms. The van der Waals surface area contributed by atoms with Crippen molar-refractivity contribution >= 4 is 23.2 Å². The van der Waals surface area contributed by atoms with Crippen molar-refractivity contribution in [1.29, 1.82) is 0 Å². The van der Waals surface area contributed by atoms with Crippen LogP contribution in [0.3, 0.4) is 0 Å². The molecule has 0 saturated carbocycles. The summed E-state index contributed by atoms with van der Waals surface area (Å²) in [5.41, 5.74) is 2.25. The van der Waals surface area contributed by atoms with Gasteiger partial charge in [-0.2, -0.15) is 5.10 Å². The van der Waals surface area contributed by atoms with Gasteiger partial charge in [-0.05, 0) is 49.7 Å². The maximum Gasteiger partial charge on any atom is 0.0492 e. The van der Waals surface area contributed by atoms with E-state index in [4.69, 9.17) is 23.2 Å². The molecule has 0 spiro atoms. The molecule has 0 aliphatic rings. The first-order valence-corrected chi connectivity index (χ1v) is 6.96. The molecule has 0 aliphatic heterocycles. The molecule has 0 aliphatic carbocycles. The predicted octanol–water partition coefficient (Wildman–Crippen LogP) is 3.62. The topological polar surface area (TPSA) is 29.9 Å². The molecule has 1 heterocycles. The van der Waals surface area contributed by atoms with Crippen LogP contribution in [-0.2, 0) is 13.5 Å². The Kier molecular flexibility index (Phi) is 4.86. The Morgan fingerprint density at radius 3 is 2.74 bits per heavy atom.